The van der Waals surface area contributed by atoms with Gasteiger partial charge in [0.25, 0.3) is 0 Å². The van der Waals surface area contributed by atoms with Gasteiger partial charge in [-0.05, 0) is 36.2 Å². The van der Waals surface area contributed by atoms with E-state index in [0.29, 0.717) is 5.02 Å². The fourth-order valence-corrected chi connectivity index (χ4v) is 1.66. The molecule has 1 aromatic heterocycles. The first kappa shape index (κ1) is 11.1. The number of rotatable bonds is 2. The minimum Gasteiger partial charge on any atom is -0.392 e. The van der Waals surface area contributed by atoms with E-state index in [-0.39, 0.29) is 6.61 Å². The van der Waals surface area contributed by atoms with E-state index >= 15 is 0 Å². The van der Waals surface area contributed by atoms with Crippen molar-refractivity contribution in [1.82, 2.24) is 4.98 Å². The molecule has 0 saturated heterocycles. The molecule has 0 unspecified atom stereocenters. The van der Waals surface area contributed by atoms with Crippen LogP contribution in [0.4, 0.5) is 0 Å². The summed E-state index contributed by atoms with van der Waals surface area (Å²) < 4.78 is 0. The van der Waals surface area contributed by atoms with E-state index in [9.17, 15) is 5.11 Å². The Morgan fingerprint density at radius 1 is 1.19 bits per heavy atom. The van der Waals surface area contributed by atoms with Crippen molar-refractivity contribution in [3.63, 3.8) is 0 Å². The maximum Gasteiger partial charge on any atom is 0.0699 e. The first-order valence-electron chi connectivity index (χ1n) is 5.03. The van der Waals surface area contributed by atoms with E-state index in [0.717, 1.165) is 22.4 Å². The lowest BCUT2D eigenvalue weighted by atomic mass is 10.0. The zero-order valence-corrected chi connectivity index (χ0v) is 9.70. The van der Waals surface area contributed by atoms with Gasteiger partial charge in [0.2, 0.25) is 0 Å². The normalized spacial score (nSPS) is 10.4. The molecule has 0 aliphatic carbocycles. The van der Waals surface area contributed by atoms with Crippen molar-refractivity contribution in [1.29, 1.82) is 0 Å². The van der Waals surface area contributed by atoms with Crippen molar-refractivity contribution < 1.29 is 5.11 Å². The van der Waals surface area contributed by atoms with E-state index < -0.39 is 0 Å². The Labute approximate surface area is 99.5 Å². The Kier molecular flexibility index (Phi) is 3.22. The van der Waals surface area contributed by atoms with Gasteiger partial charge in [0.15, 0.2) is 0 Å². The molecule has 0 radical (unpaired) electrons. The lowest BCUT2D eigenvalue weighted by Crippen LogP contribution is -1.93. The highest BCUT2D eigenvalue weighted by molar-refractivity contribution is 6.30. The van der Waals surface area contributed by atoms with Gasteiger partial charge in [-0.25, -0.2) is 0 Å². The summed E-state index contributed by atoms with van der Waals surface area (Å²) in [5, 5.41) is 9.89. The molecule has 0 bridgehead atoms. The quantitative estimate of drug-likeness (QED) is 0.864. The Balaban J connectivity index is 2.44. The molecule has 82 valence electrons. The van der Waals surface area contributed by atoms with Gasteiger partial charge in [-0.1, -0.05) is 23.7 Å². The van der Waals surface area contributed by atoms with Gasteiger partial charge in [0.05, 0.1) is 6.61 Å². The summed E-state index contributed by atoms with van der Waals surface area (Å²) in [4.78, 5) is 4.26. The number of aliphatic hydroxyl groups is 1. The largest absolute Gasteiger partial charge is 0.392 e. The number of hydrogen-bond donors (Lipinski definition) is 1. The summed E-state index contributed by atoms with van der Waals surface area (Å²) in [7, 11) is 0. The van der Waals surface area contributed by atoms with Crippen LogP contribution in [-0.2, 0) is 6.61 Å². The summed E-state index contributed by atoms with van der Waals surface area (Å²) in [5.74, 6) is 0. The fraction of sp³-hybridized carbons (Fsp3) is 0.154. The number of aromatic nitrogens is 1. The van der Waals surface area contributed by atoms with Crippen molar-refractivity contribution in [2.24, 2.45) is 0 Å². The maximum atomic E-state index is 9.17. The molecule has 3 heteroatoms. The van der Waals surface area contributed by atoms with Crippen molar-refractivity contribution in [2.75, 3.05) is 0 Å². The fourth-order valence-electron chi connectivity index (χ4n) is 1.54. The molecule has 0 amide bonds. The highest BCUT2D eigenvalue weighted by Crippen LogP contribution is 2.22. The van der Waals surface area contributed by atoms with Gasteiger partial charge in [-0.2, -0.15) is 0 Å². The zero-order valence-electron chi connectivity index (χ0n) is 8.94. The van der Waals surface area contributed by atoms with Crippen molar-refractivity contribution in [3.8, 4) is 11.1 Å². The molecule has 0 fully saturated rings. The minimum atomic E-state index is 0.0141. The Bertz CT molecular complexity index is 494. The average Bonchev–Trinajstić information content (AvgIpc) is 2.31. The van der Waals surface area contributed by atoms with Crippen LogP contribution in [0.3, 0.4) is 0 Å². The Hall–Kier alpha value is -1.38. The predicted molar refractivity (Wildman–Crippen MR) is 65.3 cm³/mol. The lowest BCUT2D eigenvalue weighted by Gasteiger charge is -2.06. The van der Waals surface area contributed by atoms with E-state index in [1.807, 2.05) is 37.3 Å². The van der Waals surface area contributed by atoms with Crippen LogP contribution in [0.15, 0.2) is 36.5 Å². The SMILES string of the molecule is Cc1ncc(-c2ccc(Cl)cc2)cc1CO. The smallest absolute Gasteiger partial charge is 0.0699 e. The second-order valence-corrected chi connectivity index (χ2v) is 4.07. The van der Waals surface area contributed by atoms with Gasteiger partial charge in [-0.3, -0.25) is 4.98 Å². The van der Waals surface area contributed by atoms with Gasteiger partial charge >= 0.3 is 0 Å². The molecular formula is C13H12ClNO. The van der Waals surface area contributed by atoms with Crippen LogP contribution in [0.2, 0.25) is 5.02 Å². The molecule has 0 aliphatic rings. The van der Waals surface area contributed by atoms with Gasteiger partial charge < -0.3 is 5.11 Å². The van der Waals surface area contributed by atoms with Gasteiger partial charge in [0, 0.05) is 22.5 Å². The third kappa shape index (κ3) is 2.23. The monoisotopic (exact) mass is 233 g/mol. The topological polar surface area (TPSA) is 33.1 Å². The van der Waals surface area contributed by atoms with Crippen LogP contribution in [-0.4, -0.2) is 10.1 Å². The van der Waals surface area contributed by atoms with Crippen LogP contribution in [0.1, 0.15) is 11.3 Å². The summed E-state index contributed by atoms with van der Waals surface area (Å²) in [6, 6.07) is 9.52. The minimum absolute atomic E-state index is 0.0141. The first-order valence-corrected chi connectivity index (χ1v) is 5.41. The zero-order chi connectivity index (χ0) is 11.5. The molecule has 0 atom stereocenters. The highest BCUT2D eigenvalue weighted by atomic mass is 35.5. The molecule has 1 N–H and O–H groups in total. The standard InChI is InChI=1S/C13H12ClNO/c1-9-12(8-16)6-11(7-15-9)10-2-4-13(14)5-3-10/h2-7,16H,8H2,1H3. The third-order valence-corrected chi connectivity index (χ3v) is 2.79. The van der Waals surface area contributed by atoms with Crippen molar-refractivity contribution >= 4 is 11.6 Å². The van der Waals surface area contributed by atoms with E-state index in [2.05, 4.69) is 4.98 Å². The molecule has 2 nitrogen and oxygen atoms in total. The van der Waals surface area contributed by atoms with Crippen molar-refractivity contribution in [2.45, 2.75) is 13.5 Å². The van der Waals surface area contributed by atoms with E-state index in [1.54, 1.807) is 6.20 Å². The predicted octanol–water partition coefficient (Wildman–Crippen LogP) is 3.20. The highest BCUT2D eigenvalue weighted by Gasteiger charge is 2.02. The molecule has 1 aromatic carbocycles. The number of nitrogens with zero attached hydrogens (tertiary/aromatic N) is 1. The number of aliphatic hydroxyl groups excluding tert-OH is 1. The molecule has 16 heavy (non-hydrogen) atoms. The van der Waals surface area contributed by atoms with Crippen LogP contribution in [0.25, 0.3) is 11.1 Å². The summed E-state index contributed by atoms with van der Waals surface area (Å²) in [6.45, 7) is 1.90. The lowest BCUT2D eigenvalue weighted by molar-refractivity contribution is 0.280. The second-order valence-electron chi connectivity index (χ2n) is 3.63. The summed E-state index contributed by atoms with van der Waals surface area (Å²) in [5.41, 5.74) is 3.76. The number of benzene rings is 1. The number of pyridine rings is 1. The van der Waals surface area contributed by atoms with Crippen LogP contribution >= 0.6 is 11.6 Å². The Morgan fingerprint density at radius 3 is 2.50 bits per heavy atom. The van der Waals surface area contributed by atoms with E-state index in [4.69, 9.17) is 11.6 Å². The molecule has 1 heterocycles. The molecule has 2 rings (SSSR count). The summed E-state index contributed by atoms with van der Waals surface area (Å²) in [6.07, 6.45) is 1.80. The molecule has 0 spiro atoms. The van der Waals surface area contributed by atoms with Crippen LogP contribution in [0, 0.1) is 6.92 Å². The molecule has 0 aliphatic heterocycles. The molecular weight excluding hydrogens is 222 g/mol. The molecule has 0 saturated carbocycles. The van der Waals surface area contributed by atoms with Gasteiger partial charge in [-0.15, -0.1) is 0 Å². The Morgan fingerprint density at radius 2 is 1.88 bits per heavy atom. The third-order valence-electron chi connectivity index (χ3n) is 2.54. The number of halogens is 1. The van der Waals surface area contributed by atoms with Crippen LogP contribution < -0.4 is 0 Å². The maximum absolute atomic E-state index is 9.17. The van der Waals surface area contributed by atoms with E-state index in [1.165, 1.54) is 0 Å². The van der Waals surface area contributed by atoms with Gasteiger partial charge in [0.1, 0.15) is 0 Å². The number of hydrogen-bond acceptors (Lipinski definition) is 2. The second kappa shape index (κ2) is 4.64. The van der Waals surface area contributed by atoms with Crippen LogP contribution in [0.5, 0.6) is 0 Å². The average molecular weight is 234 g/mol. The molecule has 2 aromatic rings. The first-order chi connectivity index (χ1) is 7.70. The number of aryl methyl sites for hydroxylation is 1. The van der Waals surface area contributed by atoms with Crippen molar-refractivity contribution in [3.05, 3.63) is 52.8 Å². The summed E-state index contributed by atoms with van der Waals surface area (Å²) >= 11 is 5.83.